The first-order valence-corrected chi connectivity index (χ1v) is 8.11. The largest absolute Gasteiger partial charge is 0.496 e. The maximum atomic E-state index is 6.29. The van der Waals surface area contributed by atoms with E-state index in [-0.39, 0.29) is 5.41 Å². The summed E-state index contributed by atoms with van der Waals surface area (Å²) in [4.78, 5) is 0. The lowest BCUT2D eigenvalue weighted by molar-refractivity contribution is -0.126. The molecule has 118 valence electrons. The van der Waals surface area contributed by atoms with Gasteiger partial charge in [-0.2, -0.15) is 0 Å². The third-order valence-corrected chi connectivity index (χ3v) is 5.29. The van der Waals surface area contributed by atoms with Crippen molar-refractivity contribution in [1.29, 1.82) is 0 Å². The summed E-state index contributed by atoms with van der Waals surface area (Å²) in [6.45, 7) is 8.10. The van der Waals surface area contributed by atoms with Crippen LogP contribution in [0.25, 0.3) is 0 Å². The zero-order chi connectivity index (χ0) is 15.5. The molecule has 1 aromatic rings. The molecule has 3 atom stereocenters. The van der Waals surface area contributed by atoms with Gasteiger partial charge < -0.3 is 14.8 Å². The van der Waals surface area contributed by atoms with E-state index in [1.54, 1.807) is 7.11 Å². The van der Waals surface area contributed by atoms with E-state index in [0.29, 0.717) is 12.1 Å². The molecule has 1 saturated carbocycles. The molecule has 0 spiro atoms. The van der Waals surface area contributed by atoms with Gasteiger partial charge in [-0.25, -0.2) is 0 Å². The Bertz CT molecular complexity index is 480. The zero-order valence-corrected chi connectivity index (χ0v) is 14.2. The number of nitrogens with one attached hydrogen (secondary N) is 1. The molecule has 3 nitrogen and oxygen atoms in total. The first-order chi connectivity index (χ1) is 10.1. The summed E-state index contributed by atoms with van der Waals surface area (Å²) in [5.41, 5.74) is 1.23. The van der Waals surface area contributed by atoms with E-state index in [1.165, 1.54) is 0 Å². The van der Waals surface area contributed by atoms with Crippen LogP contribution in [0.5, 0.6) is 5.75 Å². The Morgan fingerprint density at radius 3 is 2.76 bits per heavy atom. The van der Waals surface area contributed by atoms with Gasteiger partial charge in [0, 0.05) is 35.2 Å². The number of rotatable bonds is 7. The minimum absolute atomic E-state index is 0.199. The van der Waals surface area contributed by atoms with E-state index in [2.05, 4.69) is 26.1 Å². The number of hydrogen-bond acceptors (Lipinski definition) is 3. The van der Waals surface area contributed by atoms with E-state index in [4.69, 9.17) is 21.1 Å². The number of ether oxygens (including phenoxy) is 2. The molecule has 0 bridgehead atoms. The Morgan fingerprint density at radius 1 is 1.38 bits per heavy atom. The van der Waals surface area contributed by atoms with Crippen molar-refractivity contribution in [3.63, 3.8) is 0 Å². The molecule has 0 radical (unpaired) electrons. The lowest BCUT2D eigenvalue weighted by atomic mass is 9.61. The van der Waals surface area contributed by atoms with Crippen LogP contribution in [-0.4, -0.2) is 25.9 Å². The number of hydrogen-bond donors (Lipinski definition) is 1. The predicted molar refractivity (Wildman–Crippen MR) is 87.1 cm³/mol. The van der Waals surface area contributed by atoms with Gasteiger partial charge in [-0.05, 0) is 31.9 Å². The zero-order valence-electron chi connectivity index (χ0n) is 13.4. The van der Waals surface area contributed by atoms with Crippen LogP contribution in [0.2, 0.25) is 5.02 Å². The third kappa shape index (κ3) is 3.20. The van der Waals surface area contributed by atoms with Crippen molar-refractivity contribution in [2.24, 2.45) is 5.41 Å². The molecule has 0 aliphatic heterocycles. The molecule has 0 aromatic heterocycles. The lowest BCUT2D eigenvalue weighted by Gasteiger charge is -2.53. The summed E-state index contributed by atoms with van der Waals surface area (Å²) in [6.07, 6.45) is 2.53. The highest BCUT2D eigenvalue weighted by atomic mass is 35.5. The van der Waals surface area contributed by atoms with Crippen LogP contribution in [0.15, 0.2) is 18.2 Å². The van der Waals surface area contributed by atoms with Crippen LogP contribution in [0.1, 0.15) is 39.2 Å². The van der Waals surface area contributed by atoms with Gasteiger partial charge in [0.2, 0.25) is 0 Å². The number of halogens is 1. The topological polar surface area (TPSA) is 30.5 Å². The second-order valence-electron chi connectivity index (χ2n) is 5.89. The van der Waals surface area contributed by atoms with Gasteiger partial charge >= 0.3 is 0 Å². The van der Waals surface area contributed by atoms with Crippen molar-refractivity contribution in [3.8, 4) is 5.75 Å². The first-order valence-electron chi connectivity index (χ1n) is 7.73. The van der Waals surface area contributed by atoms with Crippen molar-refractivity contribution in [2.45, 2.75) is 52.3 Å². The fraction of sp³-hybridized carbons (Fsp3) is 0.647. The quantitative estimate of drug-likeness (QED) is 0.824. The maximum Gasteiger partial charge on any atom is 0.124 e. The van der Waals surface area contributed by atoms with Gasteiger partial charge in [0.15, 0.2) is 0 Å². The van der Waals surface area contributed by atoms with E-state index in [9.17, 15) is 0 Å². The number of methoxy groups -OCH3 is 1. The first kappa shape index (κ1) is 16.6. The Balaban J connectivity index is 2.01. The molecular weight excluding hydrogens is 286 g/mol. The highest BCUT2D eigenvalue weighted by Crippen LogP contribution is 2.46. The summed E-state index contributed by atoms with van der Waals surface area (Å²) in [7, 11) is 1.68. The maximum absolute atomic E-state index is 6.29. The summed E-state index contributed by atoms with van der Waals surface area (Å²) in [6, 6.07) is 6.23. The lowest BCUT2D eigenvalue weighted by Crippen LogP contribution is -2.61. The minimum Gasteiger partial charge on any atom is -0.496 e. The van der Waals surface area contributed by atoms with E-state index < -0.39 is 0 Å². The predicted octanol–water partition coefficient (Wildman–Crippen LogP) is 4.03. The van der Waals surface area contributed by atoms with Crippen LogP contribution < -0.4 is 10.1 Å². The Labute approximate surface area is 133 Å². The fourth-order valence-corrected chi connectivity index (χ4v) is 3.43. The molecule has 1 fully saturated rings. The summed E-state index contributed by atoms with van der Waals surface area (Å²) in [5, 5.41) is 4.39. The highest BCUT2D eigenvalue weighted by molar-refractivity contribution is 6.31. The molecule has 4 heteroatoms. The molecule has 0 saturated heterocycles. The second kappa shape index (κ2) is 6.99. The third-order valence-electron chi connectivity index (χ3n) is 4.93. The average Bonchev–Trinajstić information content (AvgIpc) is 2.50. The summed E-state index contributed by atoms with van der Waals surface area (Å²) in [5.74, 6) is 0.842. The SMILES string of the molecule is CCOC1CC(NCc2c(Cl)cccc2OC)C1(C)CC. The van der Waals surface area contributed by atoms with Crippen LogP contribution in [0.4, 0.5) is 0 Å². The monoisotopic (exact) mass is 311 g/mol. The molecule has 1 aromatic carbocycles. The second-order valence-corrected chi connectivity index (χ2v) is 6.30. The minimum atomic E-state index is 0.199. The van der Waals surface area contributed by atoms with Crippen molar-refractivity contribution in [2.75, 3.05) is 13.7 Å². The van der Waals surface area contributed by atoms with Crippen LogP contribution in [-0.2, 0) is 11.3 Å². The van der Waals surface area contributed by atoms with Crippen molar-refractivity contribution in [3.05, 3.63) is 28.8 Å². The van der Waals surface area contributed by atoms with Crippen LogP contribution >= 0.6 is 11.6 Å². The fourth-order valence-electron chi connectivity index (χ4n) is 3.19. The summed E-state index contributed by atoms with van der Waals surface area (Å²) >= 11 is 6.29. The molecule has 1 aliphatic rings. The normalized spacial score (nSPS) is 28.2. The van der Waals surface area contributed by atoms with E-state index >= 15 is 0 Å². The number of benzene rings is 1. The Hall–Kier alpha value is -0.770. The van der Waals surface area contributed by atoms with Crippen molar-refractivity contribution < 1.29 is 9.47 Å². The van der Waals surface area contributed by atoms with Gasteiger partial charge in [0.05, 0.1) is 13.2 Å². The molecule has 2 rings (SSSR count). The standard InChI is InChI=1S/C17H26ClNO2/c1-5-17(3)15(10-16(17)21-6-2)19-11-12-13(18)8-7-9-14(12)20-4/h7-9,15-16,19H,5-6,10-11H2,1-4H3. The van der Waals surface area contributed by atoms with E-state index in [1.807, 2.05) is 18.2 Å². The van der Waals surface area contributed by atoms with Gasteiger partial charge in [-0.15, -0.1) is 0 Å². The summed E-state index contributed by atoms with van der Waals surface area (Å²) < 4.78 is 11.2. The Kier molecular flexibility index (Phi) is 5.53. The van der Waals surface area contributed by atoms with Gasteiger partial charge in [-0.3, -0.25) is 0 Å². The molecule has 3 unspecified atom stereocenters. The van der Waals surface area contributed by atoms with Crippen LogP contribution in [0.3, 0.4) is 0 Å². The average molecular weight is 312 g/mol. The molecule has 0 amide bonds. The van der Waals surface area contributed by atoms with Crippen LogP contribution in [0, 0.1) is 5.41 Å². The smallest absolute Gasteiger partial charge is 0.124 e. The van der Waals surface area contributed by atoms with Crippen molar-refractivity contribution in [1.82, 2.24) is 5.32 Å². The highest BCUT2D eigenvalue weighted by Gasteiger charge is 2.50. The molecule has 0 heterocycles. The molecule has 1 N–H and O–H groups in total. The van der Waals surface area contributed by atoms with Crippen molar-refractivity contribution >= 4 is 11.6 Å². The molecular formula is C17H26ClNO2. The Morgan fingerprint density at radius 2 is 2.14 bits per heavy atom. The van der Waals surface area contributed by atoms with Gasteiger partial charge in [0.1, 0.15) is 5.75 Å². The molecule has 1 aliphatic carbocycles. The van der Waals surface area contributed by atoms with Gasteiger partial charge in [-0.1, -0.05) is 31.5 Å². The molecule has 21 heavy (non-hydrogen) atoms. The van der Waals surface area contributed by atoms with Gasteiger partial charge in [0.25, 0.3) is 0 Å². The van der Waals surface area contributed by atoms with E-state index in [0.717, 1.165) is 42.3 Å².